The molecule has 80 valence electrons. The molecule has 1 heterocycles. The highest BCUT2D eigenvalue weighted by atomic mass is 16.1. The Labute approximate surface area is 94.0 Å². The minimum absolute atomic E-state index is 0.00301. The molecule has 1 saturated carbocycles. The highest BCUT2D eigenvalue weighted by Crippen LogP contribution is 2.39. The number of aromatic nitrogens is 1. The number of pyridine rings is 1. The second-order valence-corrected chi connectivity index (χ2v) is 4.33. The predicted molar refractivity (Wildman–Crippen MR) is 64.5 cm³/mol. The van der Waals surface area contributed by atoms with Crippen molar-refractivity contribution in [2.75, 3.05) is 0 Å². The van der Waals surface area contributed by atoms with Gasteiger partial charge in [0.1, 0.15) is 0 Å². The molecule has 1 fully saturated rings. The van der Waals surface area contributed by atoms with Crippen molar-refractivity contribution in [3.63, 3.8) is 0 Å². The maximum Gasteiger partial charge on any atom is 0.248 e. The lowest BCUT2D eigenvalue weighted by atomic mass is 10.1. The third kappa shape index (κ3) is 1.78. The van der Waals surface area contributed by atoms with Gasteiger partial charge in [-0.15, -0.1) is 0 Å². The van der Waals surface area contributed by atoms with E-state index in [0.29, 0.717) is 5.92 Å². The maximum atomic E-state index is 11.6. The van der Waals surface area contributed by atoms with Crippen LogP contribution in [0.25, 0.3) is 11.1 Å². The Morgan fingerprint density at radius 2 is 1.75 bits per heavy atom. The van der Waals surface area contributed by atoms with Crippen molar-refractivity contribution in [3.8, 4) is 11.1 Å². The molecule has 0 amide bonds. The predicted octanol–water partition coefficient (Wildman–Crippen LogP) is 2.92. The Hall–Kier alpha value is -1.83. The van der Waals surface area contributed by atoms with Crippen LogP contribution in [-0.4, -0.2) is 4.98 Å². The molecule has 1 aromatic heterocycles. The zero-order valence-corrected chi connectivity index (χ0v) is 8.94. The smallest absolute Gasteiger partial charge is 0.248 e. The van der Waals surface area contributed by atoms with Crippen LogP contribution in [0, 0.1) is 0 Å². The lowest BCUT2D eigenvalue weighted by Gasteiger charge is -2.04. The van der Waals surface area contributed by atoms with E-state index in [0.717, 1.165) is 16.8 Å². The van der Waals surface area contributed by atoms with Gasteiger partial charge in [0.05, 0.1) is 0 Å². The topological polar surface area (TPSA) is 32.9 Å². The Morgan fingerprint density at radius 3 is 2.44 bits per heavy atom. The Bertz CT molecular complexity index is 552. The van der Waals surface area contributed by atoms with E-state index in [1.54, 1.807) is 6.07 Å². The molecular weight excluding hydrogens is 198 g/mol. The zero-order valence-electron chi connectivity index (χ0n) is 8.94. The summed E-state index contributed by atoms with van der Waals surface area (Å²) in [5.41, 5.74) is 3.22. The standard InChI is InChI=1S/C14H13NO/c16-14-9-12(10-4-2-1-3-5-10)8-13(15-14)11-6-7-11/h1-5,8-9,11H,6-7H2,(H,15,16). The number of nitrogens with one attached hydrogen (secondary N) is 1. The first-order valence-corrected chi connectivity index (χ1v) is 5.62. The Balaban J connectivity index is 2.10. The summed E-state index contributed by atoms with van der Waals surface area (Å²) in [6, 6.07) is 13.8. The van der Waals surface area contributed by atoms with E-state index in [1.165, 1.54) is 12.8 Å². The zero-order chi connectivity index (χ0) is 11.0. The highest BCUT2D eigenvalue weighted by Gasteiger charge is 2.24. The summed E-state index contributed by atoms with van der Waals surface area (Å²) in [4.78, 5) is 14.5. The number of benzene rings is 1. The molecule has 1 aliphatic carbocycles. The molecule has 0 unspecified atom stereocenters. The average Bonchev–Trinajstić information content (AvgIpc) is 3.13. The van der Waals surface area contributed by atoms with Gasteiger partial charge >= 0.3 is 0 Å². The SMILES string of the molecule is O=c1cc(-c2ccccc2)cc(C2CC2)[nH]1. The minimum atomic E-state index is 0.00301. The molecule has 0 bridgehead atoms. The fourth-order valence-electron chi connectivity index (χ4n) is 1.98. The van der Waals surface area contributed by atoms with Crippen LogP contribution in [0.2, 0.25) is 0 Å². The summed E-state index contributed by atoms with van der Waals surface area (Å²) in [6.07, 6.45) is 2.41. The first kappa shape index (κ1) is 9.40. The quantitative estimate of drug-likeness (QED) is 0.814. The van der Waals surface area contributed by atoms with E-state index in [-0.39, 0.29) is 5.56 Å². The van der Waals surface area contributed by atoms with Crippen molar-refractivity contribution >= 4 is 0 Å². The molecule has 1 aromatic carbocycles. The maximum absolute atomic E-state index is 11.6. The van der Waals surface area contributed by atoms with Crippen LogP contribution in [0.5, 0.6) is 0 Å². The van der Waals surface area contributed by atoms with Gasteiger partial charge in [-0.2, -0.15) is 0 Å². The second kappa shape index (κ2) is 3.63. The monoisotopic (exact) mass is 211 g/mol. The molecule has 0 atom stereocenters. The summed E-state index contributed by atoms with van der Waals surface area (Å²) < 4.78 is 0. The number of rotatable bonds is 2. The van der Waals surface area contributed by atoms with Crippen LogP contribution in [0.3, 0.4) is 0 Å². The van der Waals surface area contributed by atoms with Gasteiger partial charge in [-0.1, -0.05) is 30.3 Å². The van der Waals surface area contributed by atoms with Crippen molar-refractivity contribution in [2.24, 2.45) is 0 Å². The molecule has 3 rings (SSSR count). The van der Waals surface area contributed by atoms with E-state index >= 15 is 0 Å². The van der Waals surface area contributed by atoms with Crippen molar-refractivity contribution in [1.82, 2.24) is 4.98 Å². The molecule has 0 aliphatic heterocycles. The molecule has 0 spiro atoms. The third-order valence-electron chi connectivity index (χ3n) is 2.99. The summed E-state index contributed by atoms with van der Waals surface area (Å²) in [5.74, 6) is 0.580. The van der Waals surface area contributed by atoms with Crippen LogP contribution in [0.4, 0.5) is 0 Å². The number of hydrogen-bond acceptors (Lipinski definition) is 1. The van der Waals surface area contributed by atoms with Gasteiger partial charge in [0.25, 0.3) is 0 Å². The first-order valence-electron chi connectivity index (χ1n) is 5.62. The van der Waals surface area contributed by atoms with Gasteiger partial charge in [0.15, 0.2) is 0 Å². The van der Waals surface area contributed by atoms with Crippen LogP contribution in [0.15, 0.2) is 47.3 Å². The molecule has 0 saturated heterocycles. The van der Waals surface area contributed by atoms with Crippen molar-refractivity contribution in [3.05, 3.63) is 58.5 Å². The van der Waals surface area contributed by atoms with Crippen LogP contribution >= 0.6 is 0 Å². The highest BCUT2D eigenvalue weighted by molar-refractivity contribution is 5.63. The van der Waals surface area contributed by atoms with Crippen LogP contribution in [0.1, 0.15) is 24.5 Å². The van der Waals surface area contributed by atoms with E-state index < -0.39 is 0 Å². The first-order chi connectivity index (χ1) is 7.83. The van der Waals surface area contributed by atoms with Gasteiger partial charge in [-0.3, -0.25) is 4.79 Å². The van der Waals surface area contributed by atoms with E-state index in [9.17, 15) is 4.79 Å². The van der Waals surface area contributed by atoms with Crippen molar-refractivity contribution in [1.29, 1.82) is 0 Å². The second-order valence-electron chi connectivity index (χ2n) is 4.33. The third-order valence-corrected chi connectivity index (χ3v) is 2.99. The lowest BCUT2D eigenvalue weighted by Crippen LogP contribution is -2.07. The minimum Gasteiger partial charge on any atom is -0.326 e. The van der Waals surface area contributed by atoms with Crippen LogP contribution in [-0.2, 0) is 0 Å². The molecule has 2 heteroatoms. The largest absolute Gasteiger partial charge is 0.326 e. The number of hydrogen-bond donors (Lipinski definition) is 1. The molecule has 2 nitrogen and oxygen atoms in total. The Morgan fingerprint density at radius 1 is 1.00 bits per heavy atom. The number of H-pyrrole nitrogens is 1. The van der Waals surface area contributed by atoms with Gasteiger partial charge in [0.2, 0.25) is 5.56 Å². The fraction of sp³-hybridized carbons (Fsp3) is 0.214. The average molecular weight is 211 g/mol. The van der Waals surface area contributed by atoms with E-state index in [4.69, 9.17) is 0 Å². The van der Waals surface area contributed by atoms with Crippen LogP contribution < -0.4 is 5.56 Å². The summed E-state index contributed by atoms with van der Waals surface area (Å²) >= 11 is 0. The van der Waals surface area contributed by atoms with E-state index in [2.05, 4.69) is 11.1 Å². The molecular formula is C14H13NO. The van der Waals surface area contributed by atoms with E-state index in [1.807, 2.05) is 30.3 Å². The van der Waals surface area contributed by atoms with Gasteiger partial charge in [-0.25, -0.2) is 0 Å². The molecule has 1 aliphatic rings. The lowest BCUT2D eigenvalue weighted by molar-refractivity contribution is 1.00. The summed E-state index contributed by atoms with van der Waals surface area (Å²) in [7, 11) is 0. The van der Waals surface area contributed by atoms with Gasteiger partial charge < -0.3 is 4.98 Å². The molecule has 16 heavy (non-hydrogen) atoms. The molecule has 0 radical (unpaired) electrons. The molecule has 1 N–H and O–H groups in total. The van der Waals surface area contributed by atoms with Gasteiger partial charge in [-0.05, 0) is 36.0 Å². The van der Waals surface area contributed by atoms with Crippen molar-refractivity contribution < 1.29 is 0 Å². The number of aromatic amines is 1. The molecule has 2 aromatic rings. The normalized spacial score (nSPS) is 15.0. The fourth-order valence-corrected chi connectivity index (χ4v) is 1.98. The Kier molecular flexibility index (Phi) is 2.13. The van der Waals surface area contributed by atoms with Crippen molar-refractivity contribution in [2.45, 2.75) is 18.8 Å². The van der Waals surface area contributed by atoms with Gasteiger partial charge in [0, 0.05) is 11.8 Å². The summed E-state index contributed by atoms with van der Waals surface area (Å²) in [6.45, 7) is 0. The summed E-state index contributed by atoms with van der Waals surface area (Å²) in [5, 5.41) is 0.